The fourth-order valence-electron chi connectivity index (χ4n) is 2.04. The zero-order valence-corrected chi connectivity index (χ0v) is 11.9. The lowest BCUT2D eigenvalue weighted by Crippen LogP contribution is -2.02. The molecule has 1 unspecified atom stereocenters. The molecular weight excluding hydrogens is 254 g/mol. The van der Waals surface area contributed by atoms with E-state index < -0.39 is 6.10 Å². The summed E-state index contributed by atoms with van der Waals surface area (Å²) in [6.07, 6.45) is -0.752. The number of hydrogen-bond donors (Lipinski definition) is 2. The van der Waals surface area contributed by atoms with E-state index in [2.05, 4.69) is 0 Å². The lowest BCUT2D eigenvalue weighted by Gasteiger charge is -2.15. The van der Waals surface area contributed by atoms with Gasteiger partial charge in [0.05, 0.1) is 14.2 Å². The second-order valence-electron chi connectivity index (χ2n) is 4.63. The molecule has 1 atom stereocenters. The Hall–Kier alpha value is -2.20. The van der Waals surface area contributed by atoms with Crippen molar-refractivity contribution in [2.75, 3.05) is 20.0 Å². The van der Waals surface area contributed by atoms with Crippen LogP contribution in [-0.4, -0.2) is 19.3 Å². The van der Waals surface area contributed by atoms with Gasteiger partial charge in [0.15, 0.2) is 11.5 Å². The Morgan fingerprint density at radius 3 is 2.15 bits per heavy atom. The summed E-state index contributed by atoms with van der Waals surface area (Å²) in [5.41, 5.74) is 9.02. The lowest BCUT2D eigenvalue weighted by atomic mass is 9.99. The van der Waals surface area contributed by atoms with Crippen LogP contribution in [0, 0.1) is 6.92 Å². The summed E-state index contributed by atoms with van der Waals surface area (Å²) in [5.74, 6) is 1.22. The fraction of sp³-hybridized carbons (Fsp3) is 0.250. The molecule has 3 N–H and O–H groups in total. The van der Waals surface area contributed by atoms with E-state index in [1.807, 2.05) is 25.1 Å². The molecular formula is C16H19NO3. The number of ether oxygens (including phenoxy) is 2. The van der Waals surface area contributed by atoms with Crippen molar-refractivity contribution in [3.63, 3.8) is 0 Å². The summed E-state index contributed by atoms with van der Waals surface area (Å²) in [5, 5.41) is 10.4. The van der Waals surface area contributed by atoms with Crippen LogP contribution in [0.4, 0.5) is 5.69 Å². The molecule has 0 aliphatic rings. The number of hydrogen-bond acceptors (Lipinski definition) is 4. The highest BCUT2D eigenvalue weighted by atomic mass is 16.5. The minimum Gasteiger partial charge on any atom is -0.493 e. The van der Waals surface area contributed by atoms with Crippen molar-refractivity contribution in [3.05, 3.63) is 53.1 Å². The second-order valence-corrected chi connectivity index (χ2v) is 4.63. The number of aliphatic hydroxyl groups is 1. The molecule has 4 heteroatoms. The van der Waals surface area contributed by atoms with Crippen LogP contribution in [0.2, 0.25) is 0 Å². The Bertz CT molecular complexity index is 611. The minimum atomic E-state index is -0.752. The minimum absolute atomic E-state index is 0.587. The van der Waals surface area contributed by atoms with Gasteiger partial charge in [-0.2, -0.15) is 0 Å². The van der Waals surface area contributed by atoms with E-state index in [1.165, 1.54) is 0 Å². The van der Waals surface area contributed by atoms with Crippen LogP contribution in [0.15, 0.2) is 36.4 Å². The van der Waals surface area contributed by atoms with E-state index >= 15 is 0 Å². The number of methoxy groups -OCH3 is 2. The lowest BCUT2D eigenvalue weighted by molar-refractivity contribution is 0.219. The average Bonchev–Trinajstić information content (AvgIpc) is 2.48. The van der Waals surface area contributed by atoms with Gasteiger partial charge in [-0.05, 0) is 41.8 Å². The molecule has 2 aromatic rings. The number of aliphatic hydroxyl groups excluding tert-OH is 1. The Kier molecular flexibility index (Phi) is 4.15. The van der Waals surface area contributed by atoms with Gasteiger partial charge >= 0.3 is 0 Å². The Morgan fingerprint density at radius 2 is 1.55 bits per heavy atom. The number of aryl methyl sites for hydroxylation is 1. The van der Waals surface area contributed by atoms with Crippen LogP contribution < -0.4 is 15.2 Å². The van der Waals surface area contributed by atoms with Crippen molar-refractivity contribution >= 4 is 5.69 Å². The van der Waals surface area contributed by atoms with Crippen LogP contribution >= 0.6 is 0 Å². The van der Waals surface area contributed by atoms with Crippen molar-refractivity contribution < 1.29 is 14.6 Å². The third kappa shape index (κ3) is 2.70. The maximum absolute atomic E-state index is 10.4. The van der Waals surface area contributed by atoms with Gasteiger partial charge in [0, 0.05) is 5.69 Å². The smallest absolute Gasteiger partial charge is 0.161 e. The molecule has 2 aromatic carbocycles. The molecule has 0 fully saturated rings. The van der Waals surface area contributed by atoms with E-state index in [0.29, 0.717) is 17.2 Å². The average molecular weight is 273 g/mol. The summed E-state index contributed by atoms with van der Waals surface area (Å²) < 4.78 is 10.4. The Morgan fingerprint density at radius 1 is 0.950 bits per heavy atom. The van der Waals surface area contributed by atoms with Crippen molar-refractivity contribution in [1.29, 1.82) is 0 Å². The van der Waals surface area contributed by atoms with E-state index in [0.717, 1.165) is 16.7 Å². The van der Waals surface area contributed by atoms with Crippen molar-refractivity contribution in [2.45, 2.75) is 13.0 Å². The van der Waals surface area contributed by atoms with Crippen molar-refractivity contribution in [2.24, 2.45) is 0 Å². The van der Waals surface area contributed by atoms with E-state index in [4.69, 9.17) is 15.2 Å². The molecule has 0 bridgehead atoms. The van der Waals surface area contributed by atoms with Crippen molar-refractivity contribution in [1.82, 2.24) is 0 Å². The predicted molar refractivity (Wildman–Crippen MR) is 79.2 cm³/mol. The first kappa shape index (κ1) is 14.2. The molecule has 106 valence electrons. The molecule has 0 aromatic heterocycles. The molecule has 0 spiro atoms. The summed E-state index contributed by atoms with van der Waals surface area (Å²) in [6.45, 7) is 1.93. The standard InChI is InChI=1S/C16H19NO3/c1-10-4-5-11(8-13(10)17)16(18)12-6-7-14(19-2)15(9-12)20-3/h4-9,16,18H,17H2,1-3H3. The molecule has 4 nitrogen and oxygen atoms in total. The highest BCUT2D eigenvalue weighted by Crippen LogP contribution is 2.32. The zero-order chi connectivity index (χ0) is 14.7. The summed E-state index contributed by atoms with van der Waals surface area (Å²) in [6, 6.07) is 10.9. The van der Waals surface area contributed by atoms with E-state index in [9.17, 15) is 5.11 Å². The molecule has 0 aliphatic carbocycles. The quantitative estimate of drug-likeness (QED) is 0.841. The van der Waals surface area contributed by atoms with Crippen LogP contribution in [-0.2, 0) is 0 Å². The van der Waals surface area contributed by atoms with Crippen molar-refractivity contribution in [3.8, 4) is 11.5 Å². The number of anilines is 1. The SMILES string of the molecule is COc1ccc(C(O)c2ccc(C)c(N)c2)cc1OC. The van der Waals surface area contributed by atoms with Gasteiger partial charge in [-0.1, -0.05) is 18.2 Å². The first-order valence-corrected chi connectivity index (χ1v) is 6.33. The van der Waals surface area contributed by atoms with Gasteiger partial charge in [-0.3, -0.25) is 0 Å². The van der Waals surface area contributed by atoms with Gasteiger partial charge in [0.25, 0.3) is 0 Å². The molecule has 0 radical (unpaired) electrons. The number of nitrogens with two attached hydrogens (primary N) is 1. The highest BCUT2D eigenvalue weighted by Gasteiger charge is 2.14. The van der Waals surface area contributed by atoms with Gasteiger partial charge in [0.2, 0.25) is 0 Å². The number of nitrogen functional groups attached to an aromatic ring is 1. The maximum atomic E-state index is 10.4. The molecule has 0 saturated heterocycles. The first-order chi connectivity index (χ1) is 9.56. The van der Waals surface area contributed by atoms with Crippen LogP contribution in [0.3, 0.4) is 0 Å². The van der Waals surface area contributed by atoms with Gasteiger partial charge < -0.3 is 20.3 Å². The topological polar surface area (TPSA) is 64.7 Å². The molecule has 0 aliphatic heterocycles. The van der Waals surface area contributed by atoms with Crippen LogP contribution in [0.25, 0.3) is 0 Å². The molecule has 0 amide bonds. The predicted octanol–water partition coefficient (Wildman–Crippen LogP) is 2.68. The normalized spacial score (nSPS) is 12.0. The third-order valence-corrected chi connectivity index (χ3v) is 3.34. The van der Waals surface area contributed by atoms with Gasteiger partial charge in [-0.15, -0.1) is 0 Å². The Labute approximate surface area is 118 Å². The zero-order valence-electron chi connectivity index (χ0n) is 11.9. The second kappa shape index (κ2) is 5.84. The van der Waals surface area contributed by atoms with E-state index in [-0.39, 0.29) is 0 Å². The molecule has 20 heavy (non-hydrogen) atoms. The first-order valence-electron chi connectivity index (χ1n) is 6.33. The molecule has 2 rings (SSSR count). The molecule has 0 heterocycles. The third-order valence-electron chi connectivity index (χ3n) is 3.34. The molecule has 0 saturated carbocycles. The maximum Gasteiger partial charge on any atom is 0.161 e. The van der Waals surface area contributed by atoms with Crippen LogP contribution in [0.5, 0.6) is 11.5 Å². The van der Waals surface area contributed by atoms with Crippen LogP contribution in [0.1, 0.15) is 22.8 Å². The largest absolute Gasteiger partial charge is 0.493 e. The number of benzene rings is 2. The van der Waals surface area contributed by atoms with Gasteiger partial charge in [0.1, 0.15) is 6.10 Å². The monoisotopic (exact) mass is 273 g/mol. The van der Waals surface area contributed by atoms with Gasteiger partial charge in [-0.25, -0.2) is 0 Å². The summed E-state index contributed by atoms with van der Waals surface area (Å²) in [4.78, 5) is 0. The number of rotatable bonds is 4. The fourth-order valence-corrected chi connectivity index (χ4v) is 2.04. The summed E-state index contributed by atoms with van der Waals surface area (Å²) in [7, 11) is 3.15. The van der Waals surface area contributed by atoms with E-state index in [1.54, 1.807) is 32.4 Å². The Balaban J connectivity index is 2.37. The highest BCUT2D eigenvalue weighted by molar-refractivity contribution is 5.51. The summed E-state index contributed by atoms with van der Waals surface area (Å²) >= 11 is 0.